The third kappa shape index (κ3) is 3.28. The fraction of sp³-hybridized carbons (Fsp3) is 0.364. The van der Waals surface area contributed by atoms with Crippen LogP contribution >= 0.6 is 0 Å². The van der Waals surface area contributed by atoms with E-state index < -0.39 is 0 Å². The van der Waals surface area contributed by atoms with Gasteiger partial charge in [-0.1, -0.05) is 30.9 Å². The second-order valence-electron chi connectivity index (χ2n) is 3.14. The van der Waals surface area contributed by atoms with E-state index in [-0.39, 0.29) is 5.97 Å². The number of allylic oxidation sites excluding steroid dienone is 4. The van der Waals surface area contributed by atoms with Crippen LogP contribution in [0, 0.1) is 5.92 Å². The summed E-state index contributed by atoms with van der Waals surface area (Å²) in [6, 6.07) is 0. The van der Waals surface area contributed by atoms with Crippen molar-refractivity contribution in [3.8, 4) is 0 Å². The van der Waals surface area contributed by atoms with E-state index in [0.29, 0.717) is 18.1 Å². The fourth-order valence-corrected chi connectivity index (χ4v) is 1.08. The van der Waals surface area contributed by atoms with Crippen molar-refractivity contribution in [3.05, 3.63) is 36.5 Å². The summed E-state index contributed by atoms with van der Waals surface area (Å²) in [5.41, 5.74) is 0.456. The Balaban J connectivity index is 2.14. The van der Waals surface area contributed by atoms with E-state index in [0.717, 1.165) is 6.42 Å². The minimum Gasteiger partial charge on any atom is -0.462 e. The van der Waals surface area contributed by atoms with Gasteiger partial charge in [0.15, 0.2) is 0 Å². The number of hydrogen-bond donors (Lipinski definition) is 0. The molecule has 0 radical (unpaired) electrons. The van der Waals surface area contributed by atoms with Gasteiger partial charge in [-0.2, -0.15) is 0 Å². The molecule has 0 atom stereocenters. The second kappa shape index (κ2) is 4.65. The van der Waals surface area contributed by atoms with Gasteiger partial charge >= 0.3 is 5.97 Å². The summed E-state index contributed by atoms with van der Waals surface area (Å²) in [6.45, 7) is 5.62. The minimum absolute atomic E-state index is 0.300. The lowest BCUT2D eigenvalue weighted by molar-refractivity contribution is -0.139. The van der Waals surface area contributed by atoms with Crippen LogP contribution in [-0.2, 0) is 9.53 Å². The first-order valence-corrected chi connectivity index (χ1v) is 4.38. The monoisotopic (exact) mass is 178 g/mol. The zero-order chi connectivity index (χ0) is 9.68. The highest BCUT2D eigenvalue weighted by Gasteiger charge is 2.06. The fourth-order valence-electron chi connectivity index (χ4n) is 1.08. The smallest absolute Gasteiger partial charge is 0.333 e. The maximum absolute atomic E-state index is 11.0. The quantitative estimate of drug-likeness (QED) is 0.487. The third-order valence-corrected chi connectivity index (χ3v) is 1.86. The van der Waals surface area contributed by atoms with E-state index in [1.165, 1.54) is 0 Å². The molecule has 0 aromatic rings. The van der Waals surface area contributed by atoms with Gasteiger partial charge in [-0.3, -0.25) is 0 Å². The van der Waals surface area contributed by atoms with Gasteiger partial charge in [-0.15, -0.1) is 0 Å². The predicted molar refractivity (Wildman–Crippen MR) is 52.2 cm³/mol. The zero-order valence-electron chi connectivity index (χ0n) is 7.82. The molecular formula is C11H14O2. The molecule has 0 aliphatic heterocycles. The number of hydrogen-bond acceptors (Lipinski definition) is 2. The standard InChI is InChI=1S/C11H14O2/c1-9(2)11(12)13-8-7-10-5-3-4-6-10/h3-6,10H,1,7-8H2,2H3. The maximum Gasteiger partial charge on any atom is 0.333 e. The highest BCUT2D eigenvalue weighted by Crippen LogP contribution is 2.12. The molecule has 0 saturated carbocycles. The van der Waals surface area contributed by atoms with Crippen LogP contribution < -0.4 is 0 Å². The molecule has 0 N–H and O–H groups in total. The topological polar surface area (TPSA) is 26.3 Å². The lowest BCUT2D eigenvalue weighted by Gasteiger charge is -2.06. The van der Waals surface area contributed by atoms with Crippen LogP contribution in [0.4, 0.5) is 0 Å². The summed E-state index contributed by atoms with van der Waals surface area (Å²) in [5, 5.41) is 0. The number of carbonyl (C=O) groups is 1. The molecular weight excluding hydrogens is 164 g/mol. The maximum atomic E-state index is 11.0. The molecule has 0 heterocycles. The van der Waals surface area contributed by atoms with Crippen LogP contribution in [0.1, 0.15) is 13.3 Å². The summed E-state index contributed by atoms with van der Waals surface area (Å²) in [6.07, 6.45) is 9.05. The van der Waals surface area contributed by atoms with Crippen molar-refractivity contribution >= 4 is 5.97 Å². The molecule has 0 spiro atoms. The lowest BCUT2D eigenvalue weighted by Crippen LogP contribution is -2.08. The number of ether oxygens (including phenoxy) is 1. The molecule has 0 amide bonds. The molecule has 1 aliphatic carbocycles. The molecule has 0 aromatic heterocycles. The summed E-state index contributed by atoms with van der Waals surface area (Å²) >= 11 is 0. The van der Waals surface area contributed by atoms with Crippen molar-refractivity contribution in [2.24, 2.45) is 5.92 Å². The van der Waals surface area contributed by atoms with Gasteiger partial charge in [0.1, 0.15) is 0 Å². The van der Waals surface area contributed by atoms with E-state index in [9.17, 15) is 4.79 Å². The third-order valence-electron chi connectivity index (χ3n) is 1.86. The molecule has 0 fully saturated rings. The molecule has 0 saturated heterocycles. The number of carbonyl (C=O) groups excluding carboxylic acids is 1. The van der Waals surface area contributed by atoms with Crippen LogP contribution in [0.3, 0.4) is 0 Å². The molecule has 0 bridgehead atoms. The Morgan fingerprint density at radius 2 is 2.08 bits per heavy atom. The molecule has 2 nitrogen and oxygen atoms in total. The summed E-state index contributed by atoms with van der Waals surface area (Å²) in [7, 11) is 0. The van der Waals surface area contributed by atoms with Gasteiger partial charge in [-0.05, 0) is 19.3 Å². The normalized spacial score (nSPS) is 14.8. The average molecular weight is 178 g/mol. The van der Waals surface area contributed by atoms with Crippen LogP contribution in [0.5, 0.6) is 0 Å². The summed E-state index contributed by atoms with van der Waals surface area (Å²) in [4.78, 5) is 11.0. The van der Waals surface area contributed by atoms with Crippen molar-refractivity contribution in [2.75, 3.05) is 6.61 Å². The molecule has 13 heavy (non-hydrogen) atoms. The van der Waals surface area contributed by atoms with Gasteiger partial charge in [0, 0.05) is 5.57 Å². The second-order valence-corrected chi connectivity index (χ2v) is 3.14. The van der Waals surface area contributed by atoms with Crippen molar-refractivity contribution in [1.29, 1.82) is 0 Å². The SMILES string of the molecule is C=C(C)C(=O)OCCC1C=CC=C1. The molecule has 0 aromatic carbocycles. The summed E-state index contributed by atoms with van der Waals surface area (Å²) in [5.74, 6) is 0.129. The largest absolute Gasteiger partial charge is 0.462 e. The molecule has 1 rings (SSSR count). The van der Waals surface area contributed by atoms with Crippen molar-refractivity contribution in [1.82, 2.24) is 0 Å². The lowest BCUT2D eigenvalue weighted by atomic mass is 10.1. The highest BCUT2D eigenvalue weighted by atomic mass is 16.5. The Bertz CT molecular complexity index is 249. The van der Waals surface area contributed by atoms with Gasteiger partial charge < -0.3 is 4.74 Å². The van der Waals surface area contributed by atoms with Crippen LogP contribution in [0.15, 0.2) is 36.5 Å². The number of rotatable bonds is 4. The minimum atomic E-state index is -0.300. The van der Waals surface area contributed by atoms with Gasteiger partial charge in [0.2, 0.25) is 0 Å². The Kier molecular flexibility index (Phi) is 3.50. The molecule has 0 unspecified atom stereocenters. The van der Waals surface area contributed by atoms with E-state index in [1.54, 1.807) is 6.92 Å². The van der Waals surface area contributed by atoms with E-state index in [2.05, 4.69) is 18.7 Å². The Morgan fingerprint density at radius 3 is 2.62 bits per heavy atom. The van der Waals surface area contributed by atoms with Gasteiger partial charge in [0.25, 0.3) is 0 Å². The van der Waals surface area contributed by atoms with Crippen LogP contribution in [0.2, 0.25) is 0 Å². The summed E-state index contributed by atoms with van der Waals surface area (Å²) < 4.78 is 4.96. The highest BCUT2D eigenvalue weighted by molar-refractivity contribution is 5.86. The molecule has 1 aliphatic rings. The average Bonchev–Trinajstić information content (AvgIpc) is 2.56. The Hall–Kier alpha value is -1.31. The molecule has 2 heteroatoms. The predicted octanol–water partition coefficient (Wildman–Crippen LogP) is 2.24. The first-order chi connectivity index (χ1) is 6.20. The van der Waals surface area contributed by atoms with Crippen LogP contribution in [0.25, 0.3) is 0 Å². The number of esters is 1. The van der Waals surface area contributed by atoms with E-state index >= 15 is 0 Å². The first-order valence-electron chi connectivity index (χ1n) is 4.38. The van der Waals surface area contributed by atoms with E-state index in [4.69, 9.17) is 4.74 Å². The van der Waals surface area contributed by atoms with Gasteiger partial charge in [-0.25, -0.2) is 4.79 Å². The van der Waals surface area contributed by atoms with Crippen molar-refractivity contribution in [2.45, 2.75) is 13.3 Å². The first kappa shape index (κ1) is 9.78. The van der Waals surface area contributed by atoms with Crippen molar-refractivity contribution < 1.29 is 9.53 Å². The van der Waals surface area contributed by atoms with Gasteiger partial charge in [0.05, 0.1) is 6.61 Å². The van der Waals surface area contributed by atoms with Crippen LogP contribution in [-0.4, -0.2) is 12.6 Å². The Morgan fingerprint density at radius 1 is 1.46 bits per heavy atom. The van der Waals surface area contributed by atoms with Crippen molar-refractivity contribution in [3.63, 3.8) is 0 Å². The zero-order valence-corrected chi connectivity index (χ0v) is 7.82. The Labute approximate surface area is 78.6 Å². The van der Waals surface area contributed by atoms with E-state index in [1.807, 2.05) is 12.2 Å². The molecule has 70 valence electrons.